The van der Waals surface area contributed by atoms with Crippen molar-refractivity contribution in [3.05, 3.63) is 34.3 Å². The molecular weight excluding hydrogens is 281 g/mol. The number of benzene rings is 1. The van der Waals surface area contributed by atoms with Gasteiger partial charge >= 0.3 is 0 Å². The van der Waals surface area contributed by atoms with Gasteiger partial charge in [0.25, 0.3) is 0 Å². The number of carbonyl (C=O) groups is 2. The Kier molecular flexibility index (Phi) is 2.80. The number of rotatable bonds is 1. The van der Waals surface area contributed by atoms with Gasteiger partial charge in [-0.05, 0) is 17.7 Å². The molecule has 78 valence electrons. The second kappa shape index (κ2) is 3.94. The van der Waals surface area contributed by atoms with E-state index in [9.17, 15) is 9.59 Å². The number of halogens is 2. The Balaban J connectivity index is 2.34. The van der Waals surface area contributed by atoms with Gasteiger partial charge in [0.05, 0.1) is 5.92 Å². The van der Waals surface area contributed by atoms with Crippen molar-refractivity contribution in [2.45, 2.75) is 11.3 Å². The van der Waals surface area contributed by atoms with Crippen LogP contribution in [0.3, 0.4) is 0 Å². The van der Waals surface area contributed by atoms with Crippen molar-refractivity contribution in [3.8, 4) is 0 Å². The number of imide groups is 1. The molecule has 0 unspecified atom stereocenters. The number of hydrogen-bond acceptors (Lipinski definition) is 2. The van der Waals surface area contributed by atoms with Crippen LogP contribution in [0.5, 0.6) is 0 Å². The Hall–Kier alpha value is -0.870. The molecule has 1 saturated heterocycles. The molecule has 1 aliphatic rings. The van der Waals surface area contributed by atoms with E-state index in [2.05, 4.69) is 21.2 Å². The lowest BCUT2D eigenvalue weighted by Crippen LogP contribution is -2.22. The van der Waals surface area contributed by atoms with Gasteiger partial charge in [-0.1, -0.05) is 28.1 Å². The van der Waals surface area contributed by atoms with Gasteiger partial charge in [-0.2, -0.15) is 0 Å². The second-order valence-electron chi connectivity index (χ2n) is 3.28. The molecule has 1 aliphatic heterocycles. The predicted octanol–water partition coefficient (Wildman–Crippen LogP) is 1.80. The molecule has 2 rings (SSSR count). The molecule has 0 aromatic heterocycles. The smallest absolute Gasteiger partial charge is 0.245 e. The van der Waals surface area contributed by atoms with Crippen LogP contribution in [0.25, 0.3) is 0 Å². The van der Waals surface area contributed by atoms with Crippen molar-refractivity contribution in [2.24, 2.45) is 0 Å². The zero-order chi connectivity index (χ0) is 11.0. The van der Waals surface area contributed by atoms with E-state index >= 15 is 0 Å². The lowest BCUT2D eigenvalue weighted by Gasteiger charge is -2.09. The van der Waals surface area contributed by atoms with Crippen molar-refractivity contribution in [1.82, 2.24) is 5.32 Å². The summed E-state index contributed by atoms with van der Waals surface area (Å²) < 4.78 is 0.919. The number of hydrogen-bond donors (Lipinski definition) is 1. The van der Waals surface area contributed by atoms with Gasteiger partial charge < -0.3 is 0 Å². The fourth-order valence-corrected chi connectivity index (χ4v) is 2.12. The normalized spacial score (nSPS) is 25.5. The van der Waals surface area contributed by atoms with Crippen LogP contribution in [0.4, 0.5) is 0 Å². The third kappa shape index (κ3) is 1.92. The summed E-state index contributed by atoms with van der Waals surface area (Å²) in [4.78, 5) is 22.6. The Morgan fingerprint density at radius 2 is 1.73 bits per heavy atom. The summed E-state index contributed by atoms with van der Waals surface area (Å²) in [6, 6.07) is 7.19. The van der Waals surface area contributed by atoms with Crippen molar-refractivity contribution in [2.75, 3.05) is 0 Å². The van der Waals surface area contributed by atoms with Crippen LogP contribution in [0, 0.1) is 0 Å². The van der Waals surface area contributed by atoms with Gasteiger partial charge in [0.1, 0.15) is 5.38 Å². The molecule has 0 aliphatic carbocycles. The highest BCUT2D eigenvalue weighted by Gasteiger charge is 2.41. The van der Waals surface area contributed by atoms with Gasteiger partial charge in [0, 0.05) is 4.47 Å². The maximum absolute atomic E-state index is 11.5. The first-order valence-electron chi connectivity index (χ1n) is 4.34. The van der Waals surface area contributed by atoms with Gasteiger partial charge in [-0.15, -0.1) is 11.6 Å². The molecule has 0 bridgehead atoms. The second-order valence-corrected chi connectivity index (χ2v) is 4.67. The summed E-state index contributed by atoms with van der Waals surface area (Å²) >= 11 is 9.15. The SMILES string of the molecule is O=C1NC(=O)[C@@H](c2ccc(Br)cc2)[C@@H]1Cl. The zero-order valence-corrected chi connectivity index (χ0v) is 9.88. The van der Waals surface area contributed by atoms with E-state index in [0.717, 1.165) is 10.0 Å². The van der Waals surface area contributed by atoms with Crippen molar-refractivity contribution >= 4 is 39.3 Å². The van der Waals surface area contributed by atoms with Gasteiger partial charge in [-0.3, -0.25) is 14.9 Å². The van der Waals surface area contributed by atoms with Crippen molar-refractivity contribution < 1.29 is 9.59 Å². The maximum atomic E-state index is 11.5. The summed E-state index contributed by atoms with van der Waals surface area (Å²) in [5, 5.41) is 1.40. The summed E-state index contributed by atoms with van der Waals surface area (Å²) in [5.41, 5.74) is 0.751. The molecule has 1 N–H and O–H groups in total. The van der Waals surface area contributed by atoms with Crippen molar-refractivity contribution in [3.63, 3.8) is 0 Å². The van der Waals surface area contributed by atoms with Crippen molar-refractivity contribution in [1.29, 1.82) is 0 Å². The van der Waals surface area contributed by atoms with Gasteiger partial charge in [0.15, 0.2) is 0 Å². The molecular formula is C10H7BrClNO2. The average Bonchev–Trinajstić information content (AvgIpc) is 2.44. The number of nitrogens with one attached hydrogen (secondary N) is 1. The fourth-order valence-electron chi connectivity index (χ4n) is 1.54. The van der Waals surface area contributed by atoms with E-state index in [1.54, 1.807) is 12.1 Å². The third-order valence-electron chi connectivity index (χ3n) is 2.30. The van der Waals surface area contributed by atoms with Crippen LogP contribution < -0.4 is 5.32 Å². The highest BCUT2D eigenvalue weighted by atomic mass is 79.9. The molecule has 0 spiro atoms. The van der Waals surface area contributed by atoms with Crippen LogP contribution in [0.2, 0.25) is 0 Å². The van der Waals surface area contributed by atoms with E-state index in [1.165, 1.54) is 0 Å². The minimum atomic E-state index is -0.807. The Morgan fingerprint density at radius 3 is 2.20 bits per heavy atom. The number of amides is 2. The van der Waals surface area contributed by atoms with Gasteiger partial charge in [0.2, 0.25) is 11.8 Å². The van der Waals surface area contributed by atoms with E-state index < -0.39 is 17.2 Å². The molecule has 5 heteroatoms. The number of carbonyl (C=O) groups excluding carboxylic acids is 2. The molecule has 0 saturated carbocycles. The van der Waals surface area contributed by atoms with E-state index in [4.69, 9.17) is 11.6 Å². The molecule has 1 aromatic carbocycles. The molecule has 1 fully saturated rings. The molecule has 1 aromatic rings. The summed E-state index contributed by atoms with van der Waals surface area (Å²) in [6.07, 6.45) is 0. The van der Waals surface area contributed by atoms with Crippen LogP contribution in [0.1, 0.15) is 11.5 Å². The van der Waals surface area contributed by atoms with Gasteiger partial charge in [-0.25, -0.2) is 0 Å². The summed E-state index contributed by atoms with van der Waals surface area (Å²) in [6.45, 7) is 0. The van der Waals surface area contributed by atoms with Crippen LogP contribution in [-0.4, -0.2) is 17.2 Å². The molecule has 1 heterocycles. The first-order valence-corrected chi connectivity index (χ1v) is 5.57. The Bertz CT molecular complexity index is 418. The summed E-state index contributed by atoms with van der Waals surface area (Å²) in [7, 11) is 0. The van der Waals surface area contributed by atoms with Crippen LogP contribution >= 0.6 is 27.5 Å². The fraction of sp³-hybridized carbons (Fsp3) is 0.200. The third-order valence-corrected chi connectivity index (χ3v) is 3.28. The van der Waals surface area contributed by atoms with Crippen LogP contribution in [-0.2, 0) is 9.59 Å². The predicted molar refractivity (Wildman–Crippen MR) is 59.7 cm³/mol. The quantitative estimate of drug-likeness (QED) is 0.633. The highest BCUT2D eigenvalue weighted by molar-refractivity contribution is 9.10. The molecule has 15 heavy (non-hydrogen) atoms. The Morgan fingerprint density at radius 1 is 1.13 bits per heavy atom. The average molecular weight is 289 g/mol. The maximum Gasteiger partial charge on any atom is 0.245 e. The first kappa shape index (κ1) is 10.6. The van der Waals surface area contributed by atoms with E-state index in [0.29, 0.717) is 0 Å². The van der Waals surface area contributed by atoms with E-state index in [-0.39, 0.29) is 5.91 Å². The molecule has 3 nitrogen and oxygen atoms in total. The first-order chi connectivity index (χ1) is 7.09. The minimum absolute atomic E-state index is 0.331. The molecule has 2 atom stereocenters. The lowest BCUT2D eigenvalue weighted by molar-refractivity contribution is -0.125. The van der Waals surface area contributed by atoms with Crippen LogP contribution in [0.15, 0.2) is 28.7 Å². The summed E-state index contributed by atoms with van der Waals surface area (Å²) in [5.74, 6) is -1.33. The zero-order valence-electron chi connectivity index (χ0n) is 7.54. The lowest BCUT2D eigenvalue weighted by atomic mass is 9.97. The topological polar surface area (TPSA) is 46.2 Å². The number of alkyl halides is 1. The Labute approximate surface area is 99.9 Å². The van der Waals surface area contributed by atoms with E-state index in [1.807, 2.05) is 12.1 Å². The molecule has 0 radical (unpaired) electrons. The highest BCUT2D eigenvalue weighted by Crippen LogP contribution is 2.29. The standard InChI is InChI=1S/C10H7BrClNO2/c11-6-3-1-5(2-4-6)7-8(12)10(15)13-9(7)14/h1-4,7-8H,(H,13,14,15)/t7-,8-/m0/s1. The minimum Gasteiger partial charge on any atom is -0.295 e. The molecule has 2 amide bonds. The largest absolute Gasteiger partial charge is 0.295 e. The monoisotopic (exact) mass is 287 g/mol.